The Morgan fingerprint density at radius 3 is 2.94 bits per heavy atom. The van der Waals surface area contributed by atoms with E-state index in [2.05, 4.69) is 33.2 Å². The second kappa shape index (κ2) is 9.40. The van der Waals surface area contributed by atoms with Gasteiger partial charge in [-0.1, -0.05) is 31.6 Å². The average Bonchev–Trinajstić information content (AvgIpc) is 3.02. The van der Waals surface area contributed by atoms with Gasteiger partial charge in [-0.2, -0.15) is 0 Å². The molecule has 1 atom stereocenters. The Kier molecular flexibility index (Phi) is 6.62. The molecule has 2 N–H and O–H groups in total. The largest absolute Gasteiger partial charge is 0.339 e. The molecule has 3 aliphatic heterocycles. The topological polar surface area (TPSA) is 74.3 Å². The Morgan fingerprint density at radius 2 is 2.13 bits per heavy atom. The minimum absolute atomic E-state index is 0.00521. The molecule has 0 bridgehead atoms. The summed E-state index contributed by atoms with van der Waals surface area (Å²) in [5.41, 5.74) is 2.86. The van der Waals surface area contributed by atoms with Crippen molar-refractivity contribution in [2.24, 2.45) is 5.41 Å². The van der Waals surface area contributed by atoms with Crippen LogP contribution in [0.4, 0.5) is 5.82 Å². The van der Waals surface area contributed by atoms with Gasteiger partial charge in [0.2, 0.25) is 11.8 Å². The fourth-order valence-corrected chi connectivity index (χ4v) is 4.93. The fraction of sp³-hybridized carbons (Fsp3) is 0.458. The van der Waals surface area contributed by atoms with Crippen molar-refractivity contribution in [3.05, 3.63) is 52.6 Å². The zero-order valence-corrected chi connectivity index (χ0v) is 19.0. The monoisotopic (exact) mass is 438 g/mol. The number of hydrogen-bond acceptors (Lipinski definition) is 5. The minimum atomic E-state index is -0.451. The summed E-state index contributed by atoms with van der Waals surface area (Å²) in [7, 11) is 0. The number of anilines is 1. The molecule has 0 saturated carbocycles. The third-order valence-electron chi connectivity index (χ3n) is 5.97. The van der Waals surface area contributed by atoms with Crippen LogP contribution in [-0.2, 0) is 16.0 Å². The van der Waals surface area contributed by atoms with E-state index in [0.29, 0.717) is 17.6 Å². The summed E-state index contributed by atoms with van der Waals surface area (Å²) < 4.78 is 0. The Morgan fingerprint density at radius 1 is 1.32 bits per heavy atom. The van der Waals surface area contributed by atoms with Crippen LogP contribution in [0.2, 0.25) is 0 Å². The van der Waals surface area contributed by atoms with E-state index in [-0.39, 0.29) is 11.8 Å². The molecule has 1 aromatic rings. The maximum Gasteiger partial charge on any atom is 0.246 e. The van der Waals surface area contributed by atoms with E-state index in [9.17, 15) is 9.59 Å². The Hall–Kier alpha value is -2.38. The molecule has 0 aromatic carbocycles. The number of thioether (sulfide) groups is 1. The maximum absolute atomic E-state index is 12.7. The van der Waals surface area contributed by atoms with Gasteiger partial charge >= 0.3 is 0 Å². The third kappa shape index (κ3) is 5.46. The van der Waals surface area contributed by atoms with Crippen LogP contribution in [0, 0.1) is 5.41 Å². The number of aromatic nitrogens is 1. The summed E-state index contributed by atoms with van der Waals surface area (Å²) >= 11 is 1.81. The lowest BCUT2D eigenvalue weighted by Gasteiger charge is -2.29. The first-order valence-corrected chi connectivity index (χ1v) is 11.9. The van der Waals surface area contributed by atoms with E-state index < -0.39 is 5.41 Å². The van der Waals surface area contributed by atoms with Crippen molar-refractivity contribution >= 4 is 35.5 Å². The van der Waals surface area contributed by atoms with Gasteiger partial charge in [0.1, 0.15) is 5.82 Å². The summed E-state index contributed by atoms with van der Waals surface area (Å²) in [6.45, 7) is 6.37. The Balaban J connectivity index is 1.33. The van der Waals surface area contributed by atoms with Crippen molar-refractivity contribution in [1.82, 2.24) is 15.2 Å². The van der Waals surface area contributed by atoms with Gasteiger partial charge in [-0.3, -0.25) is 9.59 Å². The second-order valence-electron chi connectivity index (χ2n) is 8.95. The van der Waals surface area contributed by atoms with Crippen molar-refractivity contribution in [3.63, 3.8) is 0 Å². The molecule has 4 rings (SSSR count). The van der Waals surface area contributed by atoms with Crippen LogP contribution in [0.1, 0.15) is 44.2 Å². The van der Waals surface area contributed by atoms with Gasteiger partial charge < -0.3 is 15.5 Å². The number of nitrogens with one attached hydrogen (secondary N) is 2. The van der Waals surface area contributed by atoms with Crippen molar-refractivity contribution in [3.8, 4) is 0 Å². The number of amides is 2. The van der Waals surface area contributed by atoms with Crippen LogP contribution >= 0.6 is 11.8 Å². The van der Waals surface area contributed by atoms with E-state index in [4.69, 9.17) is 0 Å². The van der Waals surface area contributed by atoms with Gasteiger partial charge in [-0.05, 0) is 60.9 Å². The molecule has 0 aliphatic carbocycles. The van der Waals surface area contributed by atoms with Gasteiger partial charge in [0.25, 0.3) is 0 Å². The first-order valence-electron chi connectivity index (χ1n) is 10.9. The van der Waals surface area contributed by atoms with E-state index in [1.807, 2.05) is 42.7 Å². The van der Waals surface area contributed by atoms with Crippen molar-refractivity contribution in [2.45, 2.75) is 44.9 Å². The molecule has 3 aliphatic rings. The molecule has 2 amide bonds. The summed E-state index contributed by atoms with van der Waals surface area (Å²) in [4.78, 5) is 31.0. The SMILES string of the molecule is CC1(C)Cc2cc(C=CC(=O)N3CCC(=CC4NCCC=CS4)CC3)cnc2NC1=O. The first-order chi connectivity index (χ1) is 14.9. The number of fused-ring (bicyclic) bond motifs is 1. The lowest BCUT2D eigenvalue weighted by Crippen LogP contribution is -2.37. The quantitative estimate of drug-likeness (QED) is 0.556. The van der Waals surface area contributed by atoms with Gasteiger partial charge in [0, 0.05) is 30.8 Å². The highest BCUT2D eigenvalue weighted by molar-refractivity contribution is 8.02. The molecule has 31 heavy (non-hydrogen) atoms. The van der Waals surface area contributed by atoms with Crippen LogP contribution < -0.4 is 10.6 Å². The van der Waals surface area contributed by atoms with Crippen molar-refractivity contribution in [2.75, 3.05) is 25.0 Å². The van der Waals surface area contributed by atoms with E-state index in [1.54, 1.807) is 12.3 Å². The highest BCUT2D eigenvalue weighted by atomic mass is 32.2. The third-order valence-corrected chi connectivity index (χ3v) is 6.91. The van der Waals surface area contributed by atoms with Gasteiger partial charge in [-0.25, -0.2) is 4.98 Å². The molecular formula is C24H30N4O2S. The molecule has 1 aromatic heterocycles. The molecule has 1 fully saturated rings. The highest BCUT2D eigenvalue weighted by Gasteiger charge is 2.34. The number of nitrogens with zero attached hydrogens (tertiary/aromatic N) is 2. The Bertz CT molecular complexity index is 941. The van der Waals surface area contributed by atoms with Crippen LogP contribution in [0.5, 0.6) is 0 Å². The fourth-order valence-electron chi connectivity index (χ4n) is 4.03. The number of hydrogen-bond donors (Lipinski definition) is 2. The molecular weight excluding hydrogens is 408 g/mol. The maximum atomic E-state index is 12.7. The zero-order chi connectivity index (χ0) is 21.8. The van der Waals surface area contributed by atoms with E-state index in [1.165, 1.54) is 5.57 Å². The molecule has 0 radical (unpaired) electrons. The molecule has 4 heterocycles. The first kappa shape index (κ1) is 21.8. The van der Waals surface area contributed by atoms with Crippen molar-refractivity contribution in [1.29, 1.82) is 0 Å². The number of pyridine rings is 1. The number of carbonyl (C=O) groups excluding carboxylic acids is 2. The second-order valence-corrected chi connectivity index (χ2v) is 10.00. The van der Waals surface area contributed by atoms with Crippen LogP contribution in [0.25, 0.3) is 6.08 Å². The summed E-state index contributed by atoms with van der Waals surface area (Å²) in [5.74, 6) is 0.657. The minimum Gasteiger partial charge on any atom is -0.339 e. The molecule has 1 unspecified atom stereocenters. The average molecular weight is 439 g/mol. The van der Waals surface area contributed by atoms with Crippen molar-refractivity contribution < 1.29 is 9.59 Å². The van der Waals surface area contributed by atoms with Crippen LogP contribution in [0.3, 0.4) is 0 Å². The summed E-state index contributed by atoms with van der Waals surface area (Å²) in [6, 6.07) is 2.01. The standard InChI is InChI=1S/C24H30N4O2S/c1-24(2)15-19-13-18(16-26-22(19)27-23(24)30)5-6-21(29)28-10-7-17(8-11-28)14-20-25-9-3-4-12-31-20/h4-6,12-14,16,20,25H,3,7-11,15H2,1-2H3,(H,26,27,30). The number of likely N-dealkylation sites (tertiary alicyclic amines) is 1. The summed E-state index contributed by atoms with van der Waals surface area (Å²) in [6.07, 6.45) is 13.3. The molecule has 164 valence electrons. The zero-order valence-electron chi connectivity index (χ0n) is 18.2. The Labute approximate surface area is 188 Å². The lowest BCUT2D eigenvalue weighted by molar-refractivity contribution is -0.126. The highest BCUT2D eigenvalue weighted by Crippen LogP contribution is 2.32. The molecule has 0 spiro atoms. The van der Waals surface area contributed by atoms with E-state index >= 15 is 0 Å². The predicted molar refractivity (Wildman–Crippen MR) is 126 cm³/mol. The van der Waals surface area contributed by atoms with Gasteiger partial charge in [0.05, 0.1) is 5.37 Å². The van der Waals surface area contributed by atoms with Gasteiger partial charge in [0.15, 0.2) is 0 Å². The lowest BCUT2D eigenvalue weighted by atomic mass is 9.82. The van der Waals surface area contributed by atoms with Gasteiger partial charge in [-0.15, -0.1) is 11.8 Å². The predicted octanol–water partition coefficient (Wildman–Crippen LogP) is 3.73. The number of rotatable bonds is 3. The smallest absolute Gasteiger partial charge is 0.246 e. The molecule has 1 saturated heterocycles. The molecule has 6 nitrogen and oxygen atoms in total. The number of carbonyl (C=O) groups is 2. The summed E-state index contributed by atoms with van der Waals surface area (Å²) in [5, 5.41) is 8.91. The normalized spacial score (nSPS) is 23.3. The molecule has 7 heteroatoms. The van der Waals surface area contributed by atoms with E-state index in [0.717, 1.165) is 50.0 Å². The van der Waals surface area contributed by atoms with Crippen LogP contribution in [0.15, 0.2) is 41.5 Å². The van der Waals surface area contributed by atoms with Crippen LogP contribution in [-0.4, -0.2) is 46.7 Å². The number of piperidine rings is 1.